The van der Waals surface area contributed by atoms with Gasteiger partial charge in [-0.2, -0.15) is 4.31 Å². The molecule has 1 N–H and O–H groups in total. The van der Waals surface area contributed by atoms with Crippen molar-refractivity contribution in [2.75, 3.05) is 31.6 Å². The van der Waals surface area contributed by atoms with E-state index in [1.807, 2.05) is 13.0 Å². The highest BCUT2D eigenvalue weighted by Gasteiger charge is 2.28. The van der Waals surface area contributed by atoms with Crippen molar-refractivity contribution in [2.45, 2.75) is 11.8 Å². The third-order valence-electron chi connectivity index (χ3n) is 3.56. The van der Waals surface area contributed by atoms with Crippen molar-refractivity contribution in [1.82, 2.24) is 9.29 Å². The van der Waals surface area contributed by atoms with Gasteiger partial charge in [0.2, 0.25) is 10.0 Å². The van der Waals surface area contributed by atoms with E-state index in [1.54, 1.807) is 12.3 Å². The zero-order valence-electron chi connectivity index (χ0n) is 13.1. The molecular weight excluding hydrogens is 350 g/mol. The number of hydrogen-bond donors (Lipinski definition) is 1. The average Bonchev–Trinajstić information content (AvgIpc) is 3.07. The Labute approximate surface area is 144 Å². The Balaban J connectivity index is 1.76. The molecule has 0 spiro atoms. The molecular formula is C15H17N3O4S2. The minimum atomic E-state index is -3.59. The summed E-state index contributed by atoms with van der Waals surface area (Å²) in [6.07, 6.45) is 1.60. The number of nitrogens with zero attached hydrogens (tertiary/aromatic N) is 2. The normalized spacial score (nSPS) is 16.0. The van der Waals surface area contributed by atoms with Crippen molar-refractivity contribution in [3.05, 3.63) is 40.2 Å². The number of pyridine rings is 1. The highest BCUT2D eigenvalue weighted by molar-refractivity contribution is 7.89. The van der Waals surface area contributed by atoms with Crippen LogP contribution in [-0.2, 0) is 14.8 Å². The minimum Gasteiger partial charge on any atom is -0.379 e. The molecule has 1 fully saturated rings. The van der Waals surface area contributed by atoms with Crippen LogP contribution >= 0.6 is 11.3 Å². The molecule has 9 heteroatoms. The van der Waals surface area contributed by atoms with E-state index in [1.165, 1.54) is 15.8 Å². The van der Waals surface area contributed by atoms with Gasteiger partial charge in [0, 0.05) is 24.7 Å². The van der Waals surface area contributed by atoms with Gasteiger partial charge in [-0.15, -0.1) is 11.3 Å². The van der Waals surface area contributed by atoms with Crippen LogP contribution in [0.2, 0.25) is 0 Å². The van der Waals surface area contributed by atoms with Gasteiger partial charge in [-0.1, -0.05) is 0 Å². The number of anilines is 1. The van der Waals surface area contributed by atoms with Crippen molar-refractivity contribution in [3.8, 4) is 0 Å². The van der Waals surface area contributed by atoms with Crippen LogP contribution in [0.25, 0.3) is 0 Å². The van der Waals surface area contributed by atoms with E-state index in [4.69, 9.17) is 4.74 Å². The Bertz CT molecular complexity index is 842. The molecule has 1 aliphatic rings. The number of sulfonamides is 1. The molecule has 0 bridgehead atoms. The minimum absolute atomic E-state index is 0.136. The Kier molecular flexibility index (Phi) is 4.95. The lowest BCUT2D eigenvalue weighted by atomic mass is 10.3. The molecule has 0 radical (unpaired) electrons. The monoisotopic (exact) mass is 367 g/mol. The predicted molar refractivity (Wildman–Crippen MR) is 90.8 cm³/mol. The zero-order valence-corrected chi connectivity index (χ0v) is 14.7. The Hall–Kier alpha value is -1.81. The maximum atomic E-state index is 12.6. The molecule has 1 saturated heterocycles. The van der Waals surface area contributed by atoms with Crippen LogP contribution in [0, 0.1) is 6.92 Å². The van der Waals surface area contributed by atoms with Gasteiger partial charge in [0.25, 0.3) is 5.91 Å². The van der Waals surface area contributed by atoms with E-state index in [2.05, 4.69) is 10.3 Å². The first-order valence-corrected chi connectivity index (χ1v) is 9.69. The number of aromatic nitrogens is 1. The lowest BCUT2D eigenvalue weighted by Gasteiger charge is -2.25. The molecule has 0 unspecified atom stereocenters. The summed E-state index contributed by atoms with van der Waals surface area (Å²) in [6.45, 7) is 3.32. The zero-order chi connectivity index (χ0) is 17.2. The molecule has 1 aliphatic heterocycles. The van der Waals surface area contributed by atoms with Gasteiger partial charge >= 0.3 is 0 Å². The van der Waals surface area contributed by atoms with Gasteiger partial charge in [-0.3, -0.25) is 4.79 Å². The fraction of sp³-hybridized carbons (Fsp3) is 0.333. The van der Waals surface area contributed by atoms with E-state index in [9.17, 15) is 13.2 Å². The van der Waals surface area contributed by atoms with Gasteiger partial charge in [0.15, 0.2) is 0 Å². The molecule has 0 aromatic carbocycles. The van der Waals surface area contributed by atoms with Crippen LogP contribution in [0.4, 0.5) is 5.82 Å². The molecule has 2 aromatic heterocycles. The third kappa shape index (κ3) is 3.64. The van der Waals surface area contributed by atoms with Crippen LogP contribution in [0.5, 0.6) is 0 Å². The van der Waals surface area contributed by atoms with E-state index in [0.29, 0.717) is 37.0 Å². The van der Waals surface area contributed by atoms with Crippen molar-refractivity contribution in [1.29, 1.82) is 0 Å². The molecule has 0 saturated carbocycles. The van der Waals surface area contributed by atoms with Crippen LogP contribution in [-0.4, -0.2) is 49.9 Å². The van der Waals surface area contributed by atoms with E-state index >= 15 is 0 Å². The summed E-state index contributed by atoms with van der Waals surface area (Å²) in [5, 5.41) is 4.16. The smallest absolute Gasteiger partial charge is 0.266 e. The summed E-state index contributed by atoms with van der Waals surface area (Å²) >= 11 is 1.10. The molecule has 3 heterocycles. The predicted octanol–water partition coefficient (Wildman–Crippen LogP) is 1.72. The number of thiophene rings is 1. The summed E-state index contributed by atoms with van der Waals surface area (Å²) < 4.78 is 31.7. The summed E-state index contributed by atoms with van der Waals surface area (Å²) in [4.78, 5) is 16.8. The Morgan fingerprint density at radius 3 is 2.79 bits per heavy atom. The average molecular weight is 367 g/mol. The number of morpholine rings is 1. The molecule has 0 aliphatic carbocycles. The molecule has 1 amide bonds. The summed E-state index contributed by atoms with van der Waals surface area (Å²) in [6, 6.07) is 4.98. The lowest BCUT2D eigenvalue weighted by Crippen LogP contribution is -2.40. The number of carbonyl (C=O) groups is 1. The van der Waals surface area contributed by atoms with Crippen LogP contribution in [0.1, 0.15) is 15.2 Å². The van der Waals surface area contributed by atoms with Crippen LogP contribution < -0.4 is 5.32 Å². The summed E-state index contributed by atoms with van der Waals surface area (Å²) in [5.41, 5.74) is 0.974. The molecule has 3 rings (SSSR count). The van der Waals surface area contributed by atoms with Crippen molar-refractivity contribution < 1.29 is 17.9 Å². The second kappa shape index (κ2) is 6.98. The maximum absolute atomic E-state index is 12.6. The number of nitrogens with one attached hydrogen (secondary N) is 1. The number of carbonyl (C=O) groups excluding carboxylic acids is 1. The van der Waals surface area contributed by atoms with Gasteiger partial charge in [0.05, 0.1) is 23.0 Å². The Morgan fingerprint density at radius 2 is 2.08 bits per heavy atom. The highest BCUT2D eigenvalue weighted by Crippen LogP contribution is 2.24. The quantitative estimate of drug-likeness (QED) is 0.889. The fourth-order valence-corrected chi connectivity index (χ4v) is 4.86. The van der Waals surface area contributed by atoms with Gasteiger partial charge in [-0.25, -0.2) is 13.4 Å². The van der Waals surface area contributed by atoms with E-state index < -0.39 is 10.0 Å². The SMILES string of the molecule is Cc1ccnc(NC(=O)c2cc(S(=O)(=O)N3CCOCC3)cs2)c1. The van der Waals surface area contributed by atoms with E-state index in [0.717, 1.165) is 16.9 Å². The van der Waals surface area contributed by atoms with Gasteiger partial charge in [-0.05, 0) is 30.7 Å². The number of hydrogen-bond acceptors (Lipinski definition) is 6. The maximum Gasteiger partial charge on any atom is 0.266 e. The standard InChI is InChI=1S/C15H17N3O4S2/c1-11-2-3-16-14(8-11)17-15(19)13-9-12(10-23-13)24(20,21)18-4-6-22-7-5-18/h2-3,8-10H,4-7H2,1H3,(H,16,17,19). The van der Waals surface area contributed by atoms with Crippen molar-refractivity contribution in [2.24, 2.45) is 0 Å². The first kappa shape index (κ1) is 17.0. The second-order valence-electron chi connectivity index (χ2n) is 5.34. The largest absolute Gasteiger partial charge is 0.379 e. The highest BCUT2D eigenvalue weighted by atomic mass is 32.2. The van der Waals surface area contributed by atoms with Crippen LogP contribution in [0.15, 0.2) is 34.7 Å². The van der Waals surface area contributed by atoms with Crippen molar-refractivity contribution in [3.63, 3.8) is 0 Å². The summed E-state index contributed by atoms with van der Waals surface area (Å²) in [7, 11) is -3.59. The molecule has 0 atom stereocenters. The summed E-state index contributed by atoms with van der Waals surface area (Å²) in [5.74, 6) is 0.0625. The second-order valence-corrected chi connectivity index (χ2v) is 8.18. The first-order valence-electron chi connectivity index (χ1n) is 7.37. The Morgan fingerprint density at radius 1 is 1.33 bits per heavy atom. The first-order chi connectivity index (χ1) is 11.5. The molecule has 2 aromatic rings. The number of amides is 1. The van der Waals surface area contributed by atoms with Crippen LogP contribution in [0.3, 0.4) is 0 Å². The van der Waals surface area contributed by atoms with E-state index in [-0.39, 0.29) is 10.8 Å². The number of aryl methyl sites for hydroxylation is 1. The third-order valence-corrected chi connectivity index (χ3v) is 6.52. The number of rotatable bonds is 4. The molecule has 128 valence electrons. The topological polar surface area (TPSA) is 88.6 Å². The van der Waals surface area contributed by atoms with Gasteiger partial charge in [0.1, 0.15) is 5.82 Å². The number of ether oxygens (including phenoxy) is 1. The fourth-order valence-electron chi connectivity index (χ4n) is 2.29. The lowest BCUT2D eigenvalue weighted by molar-refractivity contribution is 0.0730. The molecule has 7 nitrogen and oxygen atoms in total. The molecule has 24 heavy (non-hydrogen) atoms. The van der Waals surface area contributed by atoms with Crippen molar-refractivity contribution >= 4 is 33.1 Å². The van der Waals surface area contributed by atoms with Gasteiger partial charge < -0.3 is 10.1 Å².